The SMILES string of the molecule is CN(C)CCN(C1CCCCC1)[C@@H](CC(=O)O)C(=O)N1CCCCC1CCOC1CCN(C(=N)N)CC1. The number of hydrogen-bond donors (Lipinski definition) is 3. The molecular weight excluding hydrogens is 472 g/mol. The number of carboxylic acids is 1. The van der Waals surface area contributed by atoms with E-state index < -0.39 is 12.0 Å². The van der Waals surface area contributed by atoms with Gasteiger partial charge in [0.1, 0.15) is 6.04 Å². The summed E-state index contributed by atoms with van der Waals surface area (Å²) in [5.41, 5.74) is 5.60. The van der Waals surface area contributed by atoms with E-state index in [4.69, 9.17) is 15.9 Å². The smallest absolute Gasteiger partial charge is 0.305 e. The van der Waals surface area contributed by atoms with Crippen molar-refractivity contribution in [2.75, 3.05) is 53.4 Å². The van der Waals surface area contributed by atoms with Gasteiger partial charge in [0.15, 0.2) is 5.96 Å². The highest BCUT2D eigenvalue weighted by Gasteiger charge is 2.38. The molecule has 3 aliphatic rings. The van der Waals surface area contributed by atoms with Gasteiger partial charge in [0.05, 0.1) is 12.5 Å². The van der Waals surface area contributed by atoms with Gasteiger partial charge >= 0.3 is 5.97 Å². The van der Waals surface area contributed by atoms with E-state index in [0.29, 0.717) is 19.7 Å². The van der Waals surface area contributed by atoms with E-state index in [0.717, 1.165) is 83.8 Å². The second-order valence-corrected chi connectivity index (χ2v) is 11.4. The highest BCUT2D eigenvalue weighted by atomic mass is 16.5. The summed E-state index contributed by atoms with van der Waals surface area (Å²) in [6.07, 6.45) is 11.1. The zero-order valence-electron chi connectivity index (χ0n) is 23.1. The Morgan fingerprint density at radius 2 is 1.68 bits per heavy atom. The van der Waals surface area contributed by atoms with E-state index in [9.17, 15) is 14.7 Å². The van der Waals surface area contributed by atoms with E-state index in [2.05, 4.69) is 9.80 Å². The summed E-state index contributed by atoms with van der Waals surface area (Å²) in [6, 6.07) is -0.246. The fraction of sp³-hybridized carbons (Fsp3) is 0.889. The maximum atomic E-state index is 14.1. The van der Waals surface area contributed by atoms with Crippen molar-refractivity contribution in [1.82, 2.24) is 19.6 Å². The number of carbonyl (C=O) groups excluding carboxylic acids is 1. The van der Waals surface area contributed by atoms with Crippen LogP contribution in [-0.2, 0) is 14.3 Å². The van der Waals surface area contributed by atoms with Crippen LogP contribution in [-0.4, -0.2) is 120 Å². The summed E-state index contributed by atoms with van der Waals surface area (Å²) in [7, 11) is 4.05. The topological polar surface area (TPSA) is 126 Å². The van der Waals surface area contributed by atoms with Gasteiger partial charge in [-0.25, -0.2) is 0 Å². The molecule has 10 heteroatoms. The molecule has 3 fully saturated rings. The van der Waals surface area contributed by atoms with Crippen molar-refractivity contribution in [3.8, 4) is 0 Å². The third-order valence-electron chi connectivity index (χ3n) is 8.40. The number of carboxylic acid groups (broad SMARTS) is 1. The van der Waals surface area contributed by atoms with Gasteiger partial charge in [-0.3, -0.25) is 19.9 Å². The van der Waals surface area contributed by atoms with Crippen LogP contribution in [0.1, 0.15) is 77.0 Å². The average Bonchev–Trinajstić information content (AvgIpc) is 2.88. The highest BCUT2D eigenvalue weighted by Crippen LogP contribution is 2.28. The van der Waals surface area contributed by atoms with E-state index in [1.165, 1.54) is 6.42 Å². The zero-order valence-corrected chi connectivity index (χ0v) is 23.1. The molecule has 1 amide bonds. The standard InChI is InChI=1S/C27H50N6O4/c1-30(2)17-18-32(21-8-4-3-5-9-21)24(20-25(34)35)26(36)33-14-7-6-10-22(33)13-19-37-23-11-15-31(16-12-23)27(28)29/h21-24H,3-20H2,1-2H3,(H3,28,29)(H,34,35)/t22?,24-/m0/s1. The number of piperidine rings is 2. The Morgan fingerprint density at radius 1 is 1.00 bits per heavy atom. The predicted molar refractivity (Wildman–Crippen MR) is 145 cm³/mol. The fourth-order valence-electron chi connectivity index (χ4n) is 6.25. The lowest BCUT2D eigenvalue weighted by molar-refractivity contribution is -0.149. The Bertz CT molecular complexity index is 736. The maximum Gasteiger partial charge on any atom is 0.305 e. The van der Waals surface area contributed by atoms with Gasteiger partial charge in [0.2, 0.25) is 5.91 Å². The van der Waals surface area contributed by atoms with Crippen molar-refractivity contribution in [3.63, 3.8) is 0 Å². The zero-order chi connectivity index (χ0) is 26.8. The number of nitrogens with zero attached hydrogens (tertiary/aromatic N) is 4. The minimum absolute atomic E-state index is 0.00815. The largest absolute Gasteiger partial charge is 0.481 e. The molecule has 0 aromatic carbocycles. The van der Waals surface area contributed by atoms with Crippen LogP contribution in [0.2, 0.25) is 0 Å². The van der Waals surface area contributed by atoms with Crippen LogP contribution in [0.3, 0.4) is 0 Å². The van der Waals surface area contributed by atoms with Crippen LogP contribution < -0.4 is 5.73 Å². The summed E-state index contributed by atoms with van der Waals surface area (Å²) in [5, 5.41) is 17.4. The van der Waals surface area contributed by atoms with Crippen LogP contribution in [0.4, 0.5) is 0 Å². The monoisotopic (exact) mass is 522 g/mol. The van der Waals surface area contributed by atoms with Crippen LogP contribution >= 0.6 is 0 Å². The normalized spacial score (nSPS) is 23.0. The first-order valence-corrected chi connectivity index (χ1v) is 14.4. The third kappa shape index (κ3) is 9.11. The second-order valence-electron chi connectivity index (χ2n) is 11.4. The Kier molecular flexibility index (Phi) is 11.9. The number of nitrogens with two attached hydrogens (primary N) is 1. The third-order valence-corrected chi connectivity index (χ3v) is 8.40. The van der Waals surface area contributed by atoms with Gasteiger partial charge in [0.25, 0.3) is 0 Å². The number of likely N-dealkylation sites (tertiary alicyclic amines) is 2. The molecule has 0 spiro atoms. The predicted octanol–water partition coefficient (Wildman–Crippen LogP) is 2.17. The fourth-order valence-corrected chi connectivity index (χ4v) is 6.25. The molecule has 0 bridgehead atoms. The molecule has 0 aromatic rings. The van der Waals surface area contributed by atoms with Gasteiger partial charge < -0.3 is 30.3 Å². The molecule has 3 rings (SSSR count). The molecule has 1 unspecified atom stereocenters. The van der Waals surface area contributed by atoms with Crippen LogP contribution in [0, 0.1) is 5.41 Å². The van der Waals surface area contributed by atoms with Crippen LogP contribution in [0.5, 0.6) is 0 Å². The number of likely N-dealkylation sites (N-methyl/N-ethyl adjacent to an activating group) is 1. The summed E-state index contributed by atoms with van der Waals surface area (Å²) in [4.78, 5) is 34.2. The minimum atomic E-state index is -0.905. The molecule has 2 atom stereocenters. The summed E-state index contributed by atoms with van der Waals surface area (Å²) < 4.78 is 6.19. The van der Waals surface area contributed by atoms with Gasteiger partial charge in [-0.1, -0.05) is 19.3 Å². The van der Waals surface area contributed by atoms with Crippen molar-refractivity contribution in [2.45, 2.75) is 101 Å². The van der Waals surface area contributed by atoms with Crippen molar-refractivity contribution in [2.24, 2.45) is 5.73 Å². The Labute approximate surface area is 223 Å². The van der Waals surface area contributed by atoms with Gasteiger partial charge in [-0.05, 0) is 65.5 Å². The summed E-state index contributed by atoms with van der Waals surface area (Å²) >= 11 is 0. The van der Waals surface area contributed by atoms with Crippen molar-refractivity contribution >= 4 is 17.8 Å². The van der Waals surface area contributed by atoms with E-state index in [1.807, 2.05) is 23.9 Å². The molecular formula is C27H50N6O4. The van der Waals surface area contributed by atoms with Gasteiger partial charge in [-0.2, -0.15) is 0 Å². The molecule has 37 heavy (non-hydrogen) atoms. The number of nitrogens with one attached hydrogen (secondary N) is 1. The van der Waals surface area contributed by atoms with Crippen molar-refractivity contribution < 1.29 is 19.4 Å². The maximum absolute atomic E-state index is 14.1. The quantitative estimate of drug-likeness (QED) is 0.263. The summed E-state index contributed by atoms with van der Waals surface area (Å²) in [6.45, 7) is 4.30. The lowest BCUT2D eigenvalue weighted by atomic mass is 9.91. The molecule has 0 aromatic heterocycles. The first-order valence-electron chi connectivity index (χ1n) is 14.4. The van der Waals surface area contributed by atoms with Crippen molar-refractivity contribution in [3.05, 3.63) is 0 Å². The van der Waals surface area contributed by atoms with E-state index in [1.54, 1.807) is 0 Å². The molecule has 1 aliphatic carbocycles. The summed E-state index contributed by atoms with van der Waals surface area (Å²) in [5.74, 6) is -0.789. The molecule has 2 aliphatic heterocycles. The number of aliphatic carboxylic acids is 1. The lowest BCUT2D eigenvalue weighted by Crippen LogP contribution is -2.57. The minimum Gasteiger partial charge on any atom is -0.481 e. The van der Waals surface area contributed by atoms with Gasteiger partial charge in [-0.15, -0.1) is 0 Å². The molecule has 1 saturated carbocycles. The molecule has 2 heterocycles. The Balaban J connectivity index is 1.64. The number of carbonyl (C=O) groups is 2. The van der Waals surface area contributed by atoms with Crippen molar-refractivity contribution in [1.29, 1.82) is 5.41 Å². The van der Waals surface area contributed by atoms with Gasteiger partial charge in [0, 0.05) is 51.4 Å². The molecule has 4 N–H and O–H groups in total. The van der Waals surface area contributed by atoms with Crippen LogP contribution in [0.15, 0.2) is 0 Å². The Morgan fingerprint density at radius 3 is 2.30 bits per heavy atom. The number of hydrogen-bond acceptors (Lipinski definition) is 6. The highest BCUT2D eigenvalue weighted by molar-refractivity contribution is 5.86. The van der Waals surface area contributed by atoms with E-state index >= 15 is 0 Å². The first kappa shape index (κ1) is 29.6. The number of ether oxygens (including phenoxy) is 1. The number of amides is 1. The Hall–Kier alpha value is -1.91. The average molecular weight is 523 g/mol. The van der Waals surface area contributed by atoms with Crippen LogP contribution in [0.25, 0.3) is 0 Å². The van der Waals surface area contributed by atoms with E-state index in [-0.39, 0.29) is 36.5 Å². The second kappa shape index (κ2) is 14.9. The number of guanidine groups is 1. The first-order chi connectivity index (χ1) is 17.8. The lowest BCUT2D eigenvalue weighted by Gasteiger charge is -2.44. The molecule has 0 radical (unpaired) electrons. The molecule has 212 valence electrons. The number of rotatable bonds is 12. The molecule has 10 nitrogen and oxygen atoms in total. The molecule has 2 saturated heterocycles.